The summed E-state index contributed by atoms with van der Waals surface area (Å²) in [5.41, 5.74) is 0.588. The van der Waals surface area contributed by atoms with Crippen LogP contribution in [0.4, 0.5) is 5.69 Å². The van der Waals surface area contributed by atoms with Crippen molar-refractivity contribution in [3.8, 4) is 11.5 Å². The van der Waals surface area contributed by atoms with Gasteiger partial charge in [-0.1, -0.05) is 0 Å². The largest absolute Gasteiger partial charge is 0.497 e. The number of hydrogen-bond donors (Lipinski definition) is 1. The highest BCUT2D eigenvalue weighted by molar-refractivity contribution is 7.92. The Kier molecular flexibility index (Phi) is 4.42. The zero-order valence-electron chi connectivity index (χ0n) is 15.8. The molecule has 0 saturated heterocycles. The monoisotopic (exact) mass is 415 g/mol. The molecule has 0 aliphatic carbocycles. The summed E-state index contributed by atoms with van der Waals surface area (Å²) in [6.07, 6.45) is 1.47. The van der Waals surface area contributed by atoms with Crippen molar-refractivity contribution in [1.29, 1.82) is 0 Å². The number of sulfonamides is 1. The van der Waals surface area contributed by atoms with Crippen molar-refractivity contribution in [2.45, 2.75) is 4.90 Å². The van der Waals surface area contributed by atoms with Gasteiger partial charge in [0.15, 0.2) is 5.52 Å². The molecule has 0 bridgehead atoms. The van der Waals surface area contributed by atoms with E-state index in [1.165, 1.54) is 38.7 Å². The molecule has 1 N–H and O–H groups in total. The van der Waals surface area contributed by atoms with Crippen molar-refractivity contribution >= 4 is 37.7 Å². The van der Waals surface area contributed by atoms with Crippen LogP contribution >= 0.6 is 0 Å². The maximum atomic E-state index is 13.0. The van der Waals surface area contributed by atoms with Gasteiger partial charge < -0.3 is 18.5 Å². The van der Waals surface area contributed by atoms with E-state index in [1.54, 1.807) is 29.8 Å². The Bertz CT molecular complexity index is 1410. The molecular formula is C19H17N3O6S. The minimum absolute atomic E-state index is 0.000722. The number of anilines is 1. The van der Waals surface area contributed by atoms with Gasteiger partial charge in [-0.15, -0.1) is 0 Å². The number of methoxy groups -OCH3 is 2. The molecule has 2 aromatic heterocycles. The molecular weight excluding hydrogens is 398 g/mol. The minimum Gasteiger partial charge on any atom is -0.497 e. The zero-order valence-corrected chi connectivity index (χ0v) is 16.6. The molecule has 0 saturated carbocycles. The maximum absolute atomic E-state index is 13.0. The molecule has 0 amide bonds. The summed E-state index contributed by atoms with van der Waals surface area (Å²) < 4.78 is 45.8. The Morgan fingerprint density at radius 1 is 1.10 bits per heavy atom. The molecule has 0 radical (unpaired) electrons. The first-order chi connectivity index (χ1) is 13.8. The second-order valence-electron chi connectivity index (χ2n) is 6.27. The van der Waals surface area contributed by atoms with Crippen molar-refractivity contribution in [2.75, 3.05) is 18.9 Å². The highest BCUT2D eigenvalue weighted by atomic mass is 32.2. The van der Waals surface area contributed by atoms with Crippen LogP contribution in [-0.2, 0) is 17.1 Å². The molecule has 10 heteroatoms. The fraction of sp³-hybridized carbons (Fsp3) is 0.158. The van der Waals surface area contributed by atoms with E-state index in [9.17, 15) is 13.2 Å². The van der Waals surface area contributed by atoms with Crippen molar-refractivity contribution in [1.82, 2.24) is 9.55 Å². The Hall–Kier alpha value is -3.53. The SMILES string of the molecule is COc1ccc(NS(=O)(=O)c2ccc3oc(=O)c4ncn(C)c4c3c2)c(OC)c1. The maximum Gasteiger partial charge on any atom is 0.364 e. The summed E-state index contributed by atoms with van der Waals surface area (Å²) in [5.74, 6) is 0.845. The van der Waals surface area contributed by atoms with Gasteiger partial charge in [0.1, 0.15) is 17.1 Å². The number of rotatable bonds is 5. The number of nitrogens with zero attached hydrogens (tertiary/aromatic N) is 2. The molecule has 29 heavy (non-hydrogen) atoms. The molecule has 150 valence electrons. The molecule has 2 aromatic carbocycles. The fourth-order valence-corrected chi connectivity index (χ4v) is 4.18. The fourth-order valence-electron chi connectivity index (χ4n) is 3.08. The van der Waals surface area contributed by atoms with Gasteiger partial charge in [-0.05, 0) is 30.3 Å². The predicted octanol–water partition coefficient (Wildman–Crippen LogP) is 2.50. The molecule has 2 heterocycles. The van der Waals surface area contributed by atoms with E-state index in [1.807, 2.05) is 0 Å². The minimum atomic E-state index is -3.95. The van der Waals surface area contributed by atoms with E-state index in [0.717, 1.165) is 0 Å². The highest BCUT2D eigenvalue weighted by Gasteiger charge is 2.20. The van der Waals surface area contributed by atoms with Crippen LogP contribution in [0.25, 0.3) is 22.0 Å². The average molecular weight is 415 g/mol. The molecule has 0 unspecified atom stereocenters. The second kappa shape index (κ2) is 6.82. The van der Waals surface area contributed by atoms with Crippen molar-refractivity contribution in [3.63, 3.8) is 0 Å². The lowest BCUT2D eigenvalue weighted by atomic mass is 10.2. The number of hydrogen-bond acceptors (Lipinski definition) is 7. The van der Waals surface area contributed by atoms with E-state index >= 15 is 0 Å². The average Bonchev–Trinajstić information content (AvgIpc) is 3.10. The van der Waals surface area contributed by atoms with E-state index in [0.29, 0.717) is 22.4 Å². The summed E-state index contributed by atoms with van der Waals surface area (Å²) in [5, 5.41) is 0.462. The van der Waals surface area contributed by atoms with Gasteiger partial charge in [-0.2, -0.15) is 0 Å². The van der Waals surface area contributed by atoms with Gasteiger partial charge in [0.05, 0.1) is 36.6 Å². The summed E-state index contributed by atoms with van der Waals surface area (Å²) in [6, 6.07) is 9.00. The highest BCUT2D eigenvalue weighted by Crippen LogP contribution is 2.32. The Morgan fingerprint density at radius 2 is 1.90 bits per heavy atom. The number of imidazole rings is 1. The molecule has 9 nitrogen and oxygen atoms in total. The third kappa shape index (κ3) is 3.17. The van der Waals surface area contributed by atoms with Crippen molar-refractivity contribution < 1.29 is 22.3 Å². The number of aryl methyl sites for hydroxylation is 1. The van der Waals surface area contributed by atoms with Crippen LogP contribution in [0.5, 0.6) is 11.5 Å². The smallest absolute Gasteiger partial charge is 0.364 e. The lowest BCUT2D eigenvalue weighted by Crippen LogP contribution is -2.14. The quantitative estimate of drug-likeness (QED) is 0.498. The van der Waals surface area contributed by atoms with E-state index in [2.05, 4.69) is 9.71 Å². The molecule has 0 fully saturated rings. The first-order valence-corrected chi connectivity index (χ1v) is 9.95. The number of nitrogens with one attached hydrogen (secondary N) is 1. The molecule has 0 atom stereocenters. The first kappa shape index (κ1) is 18.8. The second-order valence-corrected chi connectivity index (χ2v) is 7.95. The van der Waals surface area contributed by atoms with Crippen LogP contribution in [0.2, 0.25) is 0 Å². The molecule has 0 spiro atoms. The Morgan fingerprint density at radius 3 is 2.62 bits per heavy atom. The van der Waals surface area contributed by atoms with Crippen LogP contribution < -0.4 is 19.8 Å². The van der Waals surface area contributed by atoms with E-state index in [4.69, 9.17) is 13.9 Å². The van der Waals surface area contributed by atoms with Gasteiger partial charge >= 0.3 is 5.63 Å². The summed E-state index contributed by atoms with van der Waals surface area (Å²) in [6.45, 7) is 0. The molecule has 0 aliphatic heterocycles. The van der Waals surface area contributed by atoms with Crippen LogP contribution in [0.15, 0.2) is 56.8 Å². The van der Waals surface area contributed by atoms with Gasteiger partial charge in [-0.3, -0.25) is 4.72 Å². The lowest BCUT2D eigenvalue weighted by Gasteiger charge is -2.13. The molecule has 0 aliphatic rings. The number of aromatic nitrogens is 2. The third-order valence-electron chi connectivity index (χ3n) is 4.50. The van der Waals surface area contributed by atoms with Crippen LogP contribution in [0.1, 0.15) is 0 Å². The summed E-state index contributed by atoms with van der Waals surface area (Å²) in [7, 11) is 0.706. The van der Waals surface area contributed by atoms with Gasteiger partial charge in [0, 0.05) is 18.5 Å². The van der Waals surface area contributed by atoms with Gasteiger partial charge in [0.25, 0.3) is 10.0 Å². The van der Waals surface area contributed by atoms with Crippen LogP contribution in [-0.4, -0.2) is 32.2 Å². The van der Waals surface area contributed by atoms with Crippen LogP contribution in [0.3, 0.4) is 0 Å². The van der Waals surface area contributed by atoms with Crippen molar-refractivity contribution in [3.05, 3.63) is 53.1 Å². The number of benzene rings is 2. The summed E-state index contributed by atoms with van der Waals surface area (Å²) >= 11 is 0. The summed E-state index contributed by atoms with van der Waals surface area (Å²) in [4.78, 5) is 16.1. The normalized spacial score (nSPS) is 11.7. The predicted molar refractivity (Wildman–Crippen MR) is 107 cm³/mol. The van der Waals surface area contributed by atoms with Gasteiger partial charge in [0.2, 0.25) is 0 Å². The van der Waals surface area contributed by atoms with Crippen molar-refractivity contribution in [2.24, 2.45) is 7.05 Å². The van der Waals surface area contributed by atoms with Crippen LogP contribution in [0, 0.1) is 0 Å². The molecule has 4 aromatic rings. The van der Waals surface area contributed by atoms with E-state index in [-0.39, 0.29) is 21.7 Å². The lowest BCUT2D eigenvalue weighted by molar-refractivity contribution is 0.395. The third-order valence-corrected chi connectivity index (χ3v) is 5.87. The molecule has 4 rings (SSSR count). The topological polar surface area (TPSA) is 113 Å². The zero-order chi connectivity index (χ0) is 20.8. The standard InChI is InChI=1S/C19H17N3O6S/c1-22-10-20-17-18(22)13-9-12(5-7-15(13)28-19(17)23)29(24,25)21-14-6-4-11(26-2)8-16(14)27-3/h4-10,21H,1-3H3. The van der Waals surface area contributed by atoms with Gasteiger partial charge in [-0.25, -0.2) is 18.2 Å². The Balaban J connectivity index is 1.83. The van der Waals surface area contributed by atoms with E-state index < -0.39 is 15.6 Å². The first-order valence-electron chi connectivity index (χ1n) is 8.47. The number of ether oxygens (including phenoxy) is 2. The number of fused-ring (bicyclic) bond motifs is 3. The Labute approximate surface area is 165 Å².